The molecule has 6 heteroatoms. The summed E-state index contributed by atoms with van der Waals surface area (Å²) < 4.78 is 1.74. The van der Waals surface area contributed by atoms with E-state index in [1.807, 2.05) is 31.5 Å². The van der Waals surface area contributed by atoms with Crippen LogP contribution >= 0.6 is 0 Å². The molecule has 0 aromatic carbocycles. The van der Waals surface area contributed by atoms with Crippen LogP contribution in [0.1, 0.15) is 37.8 Å². The fourth-order valence-electron chi connectivity index (χ4n) is 3.24. The van der Waals surface area contributed by atoms with Crippen molar-refractivity contribution in [3.8, 4) is 0 Å². The van der Waals surface area contributed by atoms with Gasteiger partial charge in [0.25, 0.3) is 0 Å². The molecule has 1 N–H and O–H groups in total. The van der Waals surface area contributed by atoms with Gasteiger partial charge in [0.1, 0.15) is 6.04 Å². The minimum Gasteiger partial charge on any atom is -0.351 e. The van der Waals surface area contributed by atoms with Crippen molar-refractivity contribution in [3.63, 3.8) is 0 Å². The number of nitrogens with one attached hydrogen (secondary N) is 1. The summed E-state index contributed by atoms with van der Waals surface area (Å²) >= 11 is 0. The fourth-order valence-corrected chi connectivity index (χ4v) is 3.24. The van der Waals surface area contributed by atoms with Gasteiger partial charge < -0.3 is 5.32 Å². The average Bonchev–Trinajstić information content (AvgIpc) is 3.12. The Morgan fingerprint density at radius 2 is 2.17 bits per heavy atom. The molecule has 0 bridgehead atoms. The zero-order valence-electron chi connectivity index (χ0n) is 14.1. The van der Waals surface area contributed by atoms with Gasteiger partial charge in [-0.15, -0.1) is 0 Å². The van der Waals surface area contributed by atoms with Crippen LogP contribution in [-0.4, -0.2) is 44.7 Å². The number of pyridine rings is 1. The Balaban J connectivity index is 1.47. The Kier molecular flexibility index (Phi) is 5.59. The molecule has 0 saturated carbocycles. The molecule has 1 atom stereocenters. The van der Waals surface area contributed by atoms with E-state index in [2.05, 4.69) is 26.4 Å². The van der Waals surface area contributed by atoms with E-state index < -0.39 is 0 Å². The molecule has 6 nitrogen and oxygen atoms in total. The van der Waals surface area contributed by atoms with Crippen molar-refractivity contribution in [2.75, 3.05) is 13.1 Å². The summed E-state index contributed by atoms with van der Waals surface area (Å²) in [4.78, 5) is 19.1. The number of nitrogens with zero attached hydrogens (tertiary/aromatic N) is 4. The molecule has 1 amide bonds. The van der Waals surface area contributed by atoms with Gasteiger partial charge in [0.15, 0.2) is 0 Å². The van der Waals surface area contributed by atoms with E-state index in [1.165, 1.54) is 5.56 Å². The van der Waals surface area contributed by atoms with Crippen LogP contribution in [-0.2, 0) is 11.3 Å². The Hall–Kier alpha value is -2.21. The van der Waals surface area contributed by atoms with Gasteiger partial charge in [0, 0.05) is 50.5 Å². The van der Waals surface area contributed by atoms with Crippen molar-refractivity contribution < 1.29 is 4.79 Å². The van der Waals surface area contributed by atoms with E-state index in [1.54, 1.807) is 17.1 Å². The van der Waals surface area contributed by atoms with Gasteiger partial charge >= 0.3 is 0 Å². The third-order valence-electron chi connectivity index (χ3n) is 4.60. The molecule has 24 heavy (non-hydrogen) atoms. The monoisotopic (exact) mass is 327 g/mol. The first-order valence-electron chi connectivity index (χ1n) is 8.67. The Morgan fingerprint density at radius 1 is 1.33 bits per heavy atom. The summed E-state index contributed by atoms with van der Waals surface area (Å²) in [5.74, 6) is 0.0758. The molecular weight excluding hydrogens is 302 g/mol. The summed E-state index contributed by atoms with van der Waals surface area (Å²) in [5, 5.41) is 7.41. The smallest absolute Gasteiger partial charge is 0.245 e. The van der Waals surface area contributed by atoms with Crippen molar-refractivity contribution in [2.24, 2.45) is 0 Å². The molecule has 1 aliphatic heterocycles. The highest BCUT2D eigenvalue weighted by Crippen LogP contribution is 2.16. The van der Waals surface area contributed by atoms with Crippen molar-refractivity contribution >= 4 is 5.91 Å². The van der Waals surface area contributed by atoms with E-state index in [0.717, 1.165) is 38.9 Å². The first-order chi connectivity index (χ1) is 11.8. The maximum absolute atomic E-state index is 12.5. The Labute approximate surface area is 142 Å². The number of hydrogen-bond donors (Lipinski definition) is 1. The second-order valence-corrected chi connectivity index (χ2v) is 6.33. The van der Waals surface area contributed by atoms with Crippen LogP contribution in [0.5, 0.6) is 0 Å². The first kappa shape index (κ1) is 16.6. The van der Waals surface area contributed by atoms with E-state index in [4.69, 9.17) is 0 Å². The fraction of sp³-hybridized carbons (Fsp3) is 0.500. The molecule has 2 aromatic rings. The summed E-state index contributed by atoms with van der Waals surface area (Å²) in [6.45, 7) is 4.94. The van der Waals surface area contributed by atoms with Gasteiger partial charge in [-0.3, -0.25) is 19.4 Å². The third kappa shape index (κ3) is 4.20. The lowest BCUT2D eigenvalue weighted by Gasteiger charge is -2.33. The Bertz CT molecular complexity index is 620. The number of carbonyl (C=O) groups excluding carboxylic acids is 1. The number of amides is 1. The van der Waals surface area contributed by atoms with Crippen LogP contribution in [0.4, 0.5) is 0 Å². The maximum Gasteiger partial charge on any atom is 0.245 e. The second-order valence-electron chi connectivity index (χ2n) is 6.33. The van der Waals surface area contributed by atoms with E-state index in [-0.39, 0.29) is 18.0 Å². The number of hydrogen-bond acceptors (Lipinski definition) is 4. The first-order valence-corrected chi connectivity index (χ1v) is 8.67. The van der Waals surface area contributed by atoms with Crippen LogP contribution in [0.15, 0.2) is 43.0 Å². The largest absolute Gasteiger partial charge is 0.351 e. The normalized spacial score (nSPS) is 17.5. The molecule has 128 valence electrons. The summed E-state index contributed by atoms with van der Waals surface area (Å²) in [6, 6.07) is 5.98. The summed E-state index contributed by atoms with van der Waals surface area (Å²) in [6.07, 6.45) is 10.0. The average molecular weight is 327 g/mol. The van der Waals surface area contributed by atoms with Gasteiger partial charge in [-0.05, 0) is 37.0 Å². The minimum atomic E-state index is -0.214. The van der Waals surface area contributed by atoms with E-state index in [9.17, 15) is 4.79 Å². The molecule has 0 spiro atoms. The second kappa shape index (κ2) is 8.06. The maximum atomic E-state index is 12.5. The van der Waals surface area contributed by atoms with Crippen LogP contribution < -0.4 is 5.32 Å². The molecule has 3 rings (SSSR count). The van der Waals surface area contributed by atoms with Crippen molar-refractivity contribution in [3.05, 3.63) is 48.5 Å². The zero-order valence-corrected chi connectivity index (χ0v) is 14.1. The molecule has 3 heterocycles. The molecule has 1 unspecified atom stereocenters. The number of likely N-dealkylation sites (tertiary alicyclic amines) is 1. The third-order valence-corrected chi connectivity index (χ3v) is 4.60. The molecule has 1 saturated heterocycles. The van der Waals surface area contributed by atoms with Gasteiger partial charge in [-0.1, -0.05) is 13.0 Å². The summed E-state index contributed by atoms with van der Waals surface area (Å²) in [7, 11) is 0. The predicted molar refractivity (Wildman–Crippen MR) is 92.2 cm³/mol. The SMILES string of the molecule is CCC(C(=O)NC1CCN(Cc2cccnc2)CC1)n1cccn1. The highest BCUT2D eigenvalue weighted by Gasteiger charge is 2.25. The quantitative estimate of drug-likeness (QED) is 0.881. The number of piperidine rings is 1. The Morgan fingerprint density at radius 3 is 2.79 bits per heavy atom. The van der Waals surface area contributed by atoms with Crippen molar-refractivity contribution in [1.82, 2.24) is 25.0 Å². The van der Waals surface area contributed by atoms with Crippen molar-refractivity contribution in [2.45, 2.75) is 44.8 Å². The van der Waals surface area contributed by atoms with Gasteiger partial charge in [-0.2, -0.15) is 5.10 Å². The van der Waals surface area contributed by atoms with Gasteiger partial charge in [0.2, 0.25) is 5.91 Å². The predicted octanol–water partition coefficient (Wildman–Crippen LogP) is 2.01. The lowest BCUT2D eigenvalue weighted by atomic mass is 10.0. The molecule has 1 aliphatic rings. The lowest BCUT2D eigenvalue weighted by molar-refractivity contribution is -0.125. The number of carbonyl (C=O) groups is 1. The topological polar surface area (TPSA) is 63.1 Å². The van der Waals surface area contributed by atoms with Crippen LogP contribution in [0, 0.1) is 0 Å². The van der Waals surface area contributed by atoms with Crippen molar-refractivity contribution in [1.29, 1.82) is 0 Å². The van der Waals surface area contributed by atoms with E-state index >= 15 is 0 Å². The highest BCUT2D eigenvalue weighted by molar-refractivity contribution is 5.80. The lowest BCUT2D eigenvalue weighted by Crippen LogP contribution is -2.46. The van der Waals surface area contributed by atoms with Gasteiger partial charge in [-0.25, -0.2) is 0 Å². The van der Waals surface area contributed by atoms with Crippen LogP contribution in [0.3, 0.4) is 0 Å². The molecular formula is C18H25N5O. The molecule has 2 aromatic heterocycles. The standard InChI is InChI=1S/C18H25N5O/c1-2-17(23-10-4-9-20-23)18(24)21-16-6-11-22(12-7-16)14-15-5-3-8-19-13-15/h3-5,8-10,13,16-17H,2,6-7,11-12,14H2,1H3,(H,21,24). The van der Waals surface area contributed by atoms with E-state index in [0.29, 0.717) is 0 Å². The van der Waals surface area contributed by atoms with Crippen LogP contribution in [0.25, 0.3) is 0 Å². The molecule has 0 aliphatic carbocycles. The number of rotatable bonds is 6. The molecule has 0 radical (unpaired) electrons. The van der Waals surface area contributed by atoms with Crippen LogP contribution in [0.2, 0.25) is 0 Å². The minimum absolute atomic E-state index is 0.0758. The molecule has 1 fully saturated rings. The number of aromatic nitrogens is 3. The van der Waals surface area contributed by atoms with Gasteiger partial charge in [0.05, 0.1) is 0 Å². The zero-order chi connectivity index (χ0) is 16.8. The summed E-state index contributed by atoms with van der Waals surface area (Å²) in [5.41, 5.74) is 1.24. The highest BCUT2D eigenvalue weighted by atomic mass is 16.2.